The van der Waals surface area contributed by atoms with Crippen LogP contribution in [0.4, 0.5) is 0 Å². The van der Waals surface area contributed by atoms with E-state index in [0.29, 0.717) is 12.1 Å². The van der Waals surface area contributed by atoms with Crippen LogP contribution in [-0.4, -0.2) is 31.1 Å². The summed E-state index contributed by atoms with van der Waals surface area (Å²) in [5, 5.41) is 4.87. The Labute approximate surface area is 126 Å². The van der Waals surface area contributed by atoms with Crippen LogP contribution in [0.5, 0.6) is 0 Å². The molecule has 2 atom stereocenters. The van der Waals surface area contributed by atoms with Crippen LogP contribution in [0.3, 0.4) is 0 Å². The largest absolute Gasteiger partial charge is 0.318 e. The first-order valence-corrected chi connectivity index (χ1v) is 7.74. The number of benzene rings is 1. The molecule has 1 heterocycles. The van der Waals surface area contributed by atoms with Crippen molar-refractivity contribution in [3.63, 3.8) is 0 Å². The number of likely N-dealkylation sites (tertiary alicyclic amines) is 1. The van der Waals surface area contributed by atoms with Crippen LogP contribution in [0.2, 0.25) is 10.0 Å². The maximum atomic E-state index is 6.33. The Balaban J connectivity index is 2.20. The monoisotopic (exact) mass is 300 g/mol. The minimum atomic E-state index is 0.310. The molecular formula is C15H22Cl2N2. The van der Waals surface area contributed by atoms with Crippen LogP contribution in [0.15, 0.2) is 18.2 Å². The summed E-state index contributed by atoms with van der Waals surface area (Å²) in [7, 11) is 2.02. The van der Waals surface area contributed by atoms with Gasteiger partial charge in [-0.1, -0.05) is 29.6 Å². The molecule has 2 unspecified atom stereocenters. The first-order chi connectivity index (χ1) is 9.13. The molecule has 2 nitrogen and oxygen atoms in total. The Bertz CT molecular complexity index is 421. The highest BCUT2D eigenvalue weighted by Crippen LogP contribution is 2.33. The van der Waals surface area contributed by atoms with Gasteiger partial charge in [0, 0.05) is 28.7 Å². The van der Waals surface area contributed by atoms with Crippen LogP contribution >= 0.6 is 23.2 Å². The summed E-state index contributed by atoms with van der Waals surface area (Å²) in [6.07, 6.45) is 3.84. The van der Waals surface area contributed by atoms with Gasteiger partial charge in [0.15, 0.2) is 0 Å². The summed E-state index contributed by atoms with van der Waals surface area (Å²) in [5.41, 5.74) is 1.14. The van der Waals surface area contributed by atoms with Gasteiger partial charge in [0.25, 0.3) is 0 Å². The molecule has 0 spiro atoms. The van der Waals surface area contributed by atoms with Crippen molar-refractivity contribution in [2.24, 2.45) is 0 Å². The molecule has 0 aromatic heterocycles. The van der Waals surface area contributed by atoms with Crippen LogP contribution in [0, 0.1) is 0 Å². The van der Waals surface area contributed by atoms with Gasteiger partial charge in [-0.3, -0.25) is 4.90 Å². The first-order valence-electron chi connectivity index (χ1n) is 6.98. The second kappa shape index (κ2) is 6.94. The number of likely N-dealkylation sites (N-methyl/N-ethyl adjacent to an activating group) is 1. The lowest BCUT2D eigenvalue weighted by atomic mass is 9.97. The van der Waals surface area contributed by atoms with E-state index in [1.165, 1.54) is 19.3 Å². The van der Waals surface area contributed by atoms with Crippen LogP contribution in [-0.2, 0) is 0 Å². The van der Waals surface area contributed by atoms with E-state index in [1.807, 2.05) is 25.2 Å². The van der Waals surface area contributed by atoms with Crippen molar-refractivity contribution in [3.8, 4) is 0 Å². The standard InChI is InChI=1S/C15H22Cl2N2/c1-11(14-9-12(16)6-7-15(14)17)19-8-4-3-5-13(19)10-18-2/h6-7,9,11,13,18H,3-5,8,10H2,1-2H3. The van der Waals surface area contributed by atoms with Gasteiger partial charge in [-0.2, -0.15) is 0 Å². The molecule has 0 saturated carbocycles. The second-order valence-corrected chi connectivity index (χ2v) is 6.13. The van der Waals surface area contributed by atoms with E-state index >= 15 is 0 Å². The fourth-order valence-corrected chi connectivity index (χ4v) is 3.46. The number of hydrogen-bond acceptors (Lipinski definition) is 2. The Morgan fingerprint density at radius 3 is 2.89 bits per heavy atom. The zero-order valence-electron chi connectivity index (χ0n) is 11.6. The highest BCUT2D eigenvalue weighted by atomic mass is 35.5. The van der Waals surface area contributed by atoms with Gasteiger partial charge >= 0.3 is 0 Å². The zero-order chi connectivity index (χ0) is 13.8. The molecule has 0 radical (unpaired) electrons. The Morgan fingerprint density at radius 2 is 2.16 bits per heavy atom. The SMILES string of the molecule is CNCC1CCCCN1C(C)c1cc(Cl)ccc1Cl. The highest BCUT2D eigenvalue weighted by Gasteiger charge is 2.27. The quantitative estimate of drug-likeness (QED) is 0.899. The number of halogens is 2. The van der Waals surface area contributed by atoms with Gasteiger partial charge in [0.2, 0.25) is 0 Å². The highest BCUT2D eigenvalue weighted by molar-refractivity contribution is 6.33. The third kappa shape index (κ3) is 3.63. The van der Waals surface area contributed by atoms with E-state index < -0.39 is 0 Å². The summed E-state index contributed by atoms with van der Waals surface area (Å²) in [4.78, 5) is 2.55. The van der Waals surface area contributed by atoms with E-state index in [4.69, 9.17) is 23.2 Å². The van der Waals surface area contributed by atoms with Crippen molar-refractivity contribution in [1.82, 2.24) is 10.2 Å². The first kappa shape index (κ1) is 15.1. The molecular weight excluding hydrogens is 279 g/mol. The minimum absolute atomic E-state index is 0.310. The Kier molecular flexibility index (Phi) is 5.52. The molecule has 1 aliphatic rings. The van der Waals surface area contributed by atoms with E-state index in [-0.39, 0.29) is 0 Å². The normalized spacial score (nSPS) is 22.4. The van der Waals surface area contributed by atoms with E-state index in [9.17, 15) is 0 Å². The molecule has 19 heavy (non-hydrogen) atoms. The number of rotatable bonds is 4. The summed E-state index contributed by atoms with van der Waals surface area (Å²) >= 11 is 12.4. The van der Waals surface area contributed by atoms with Crippen LogP contribution in [0.1, 0.15) is 37.8 Å². The Morgan fingerprint density at radius 1 is 1.37 bits per heavy atom. The Hall–Kier alpha value is -0.280. The smallest absolute Gasteiger partial charge is 0.0454 e. The van der Waals surface area contributed by atoms with Gasteiger partial charge in [-0.05, 0) is 57.1 Å². The number of hydrogen-bond donors (Lipinski definition) is 1. The average molecular weight is 301 g/mol. The molecule has 4 heteroatoms. The van der Waals surface area contributed by atoms with Crippen molar-refractivity contribution < 1.29 is 0 Å². The maximum Gasteiger partial charge on any atom is 0.0454 e. The van der Waals surface area contributed by atoms with E-state index in [1.54, 1.807) is 0 Å². The van der Waals surface area contributed by atoms with Gasteiger partial charge in [0.1, 0.15) is 0 Å². The van der Waals surface area contributed by atoms with Crippen molar-refractivity contribution in [1.29, 1.82) is 0 Å². The molecule has 1 aromatic carbocycles. The molecule has 1 saturated heterocycles. The third-order valence-electron chi connectivity index (χ3n) is 4.02. The van der Waals surface area contributed by atoms with Crippen molar-refractivity contribution in [2.45, 2.75) is 38.3 Å². The molecule has 1 aliphatic heterocycles. The van der Waals surface area contributed by atoms with Crippen molar-refractivity contribution in [3.05, 3.63) is 33.8 Å². The fourth-order valence-electron chi connectivity index (χ4n) is 3.00. The molecule has 1 aromatic rings. The molecule has 0 amide bonds. The maximum absolute atomic E-state index is 6.33. The predicted molar refractivity (Wildman–Crippen MR) is 83.1 cm³/mol. The van der Waals surface area contributed by atoms with E-state index in [0.717, 1.165) is 28.7 Å². The molecule has 1 fully saturated rings. The van der Waals surface area contributed by atoms with Crippen molar-refractivity contribution in [2.75, 3.05) is 20.1 Å². The summed E-state index contributed by atoms with van der Waals surface area (Å²) in [6, 6.07) is 6.64. The summed E-state index contributed by atoms with van der Waals surface area (Å²) in [6.45, 7) is 4.39. The molecule has 0 aliphatic carbocycles. The molecule has 0 bridgehead atoms. The molecule has 106 valence electrons. The molecule has 1 N–H and O–H groups in total. The fraction of sp³-hybridized carbons (Fsp3) is 0.600. The third-order valence-corrected chi connectivity index (χ3v) is 4.60. The number of nitrogens with zero attached hydrogens (tertiary/aromatic N) is 1. The summed E-state index contributed by atoms with van der Waals surface area (Å²) < 4.78 is 0. The van der Waals surface area contributed by atoms with Crippen LogP contribution in [0.25, 0.3) is 0 Å². The summed E-state index contributed by atoms with van der Waals surface area (Å²) in [5.74, 6) is 0. The lowest BCUT2D eigenvalue weighted by molar-refractivity contribution is 0.103. The number of piperidine rings is 1. The van der Waals surface area contributed by atoms with Gasteiger partial charge in [-0.25, -0.2) is 0 Å². The molecule has 2 rings (SSSR count). The lowest BCUT2D eigenvalue weighted by Crippen LogP contribution is -2.46. The van der Waals surface area contributed by atoms with Gasteiger partial charge < -0.3 is 5.32 Å². The minimum Gasteiger partial charge on any atom is -0.318 e. The topological polar surface area (TPSA) is 15.3 Å². The zero-order valence-corrected chi connectivity index (χ0v) is 13.1. The van der Waals surface area contributed by atoms with Crippen LogP contribution < -0.4 is 5.32 Å². The van der Waals surface area contributed by atoms with Gasteiger partial charge in [0.05, 0.1) is 0 Å². The lowest BCUT2D eigenvalue weighted by Gasteiger charge is -2.40. The predicted octanol–water partition coefficient (Wildman–Crippen LogP) is 4.13. The van der Waals surface area contributed by atoms with Gasteiger partial charge in [-0.15, -0.1) is 0 Å². The average Bonchev–Trinajstić information content (AvgIpc) is 2.42. The van der Waals surface area contributed by atoms with Crippen molar-refractivity contribution >= 4 is 23.2 Å². The van der Waals surface area contributed by atoms with E-state index in [2.05, 4.69) is 17.1 Å². The number of nitrogens with one attached hydrogen (secondary N) is 1. The second-order valence-electron chi connectivity index (χ2n) is 5.29.